The number of ether oxygens (including phenoxy) is 2. The van der Waals surface area contributed by atoms with E-state index in [-0.39, 0.29) is 42.1 Å². The van der Waals surface area contributed by atoms with E-state index in [0.29, 0.717) is 49.2 Å². The van der Waals surface area contributed by atoms with Gasteiger partial charge in [-0.2, -0.15) is 14.7 Å². The van der Waals surface area contributed by atoms with Gasteiger partial charge in [0.2, 0.25) is 10.0 Å². The fourth-order valence-corrected chi connectivity index (χ4v) is 6.31. The Kier molecular flexibility index (Phi) is 10.8. The summed E-state index contributed by atoms with van der Waals surface area (Å²) in [7, 11) is -2.29. The SMILES string of the molecule is CCOC(=O)C1CCN(S(=O)(=O)c2cccc(-c3nn(-c4ccccc4)cc3/C=C(/C#N)C(=O)NCCCOC)c2)CC1. The zero-order valence-electron chi connectivity index (χ0n) is 24.2. The van der Waals surface area contributed by atoms with Crippen molar-refractivity contribution in [2.24, 2.45) is 5.92 Å². The molecule has 0 atom stereocenters. The molecule has 0 spiro atoms. The summed E-state index contributed by atoms with van der Waals surface area (Å²) >= 11 is 0. The first-order valence-electron chi connectivity index (χ1n) is 14.1. The van der Waals surface area contributed by atoms with E-state index < -0.39 is 15.9 Å². The van der Waals surface area contributed by atoms with Gasteiger partial charge < -0.3 is 14.8 Å². The van der Waals surface area contributed by atoms with E-state index in [1.807, 2.05) is 36.4 Å². The fourth-order valence-electron chi connectivity index (χ4n) is 4.79. The van der Waals surface area contributed by atoms with Crippen LogP contribution in [0, 0.1) is 17.2 Å². The maximum absolute atomic E-state index is 13.6. The molecule has 0 bridgehead atoms. The van der Waals surface area contributed by atoms with Crippen LogP contribution in [-0.4, -0.2) is 74.3 Å². The average Bonchev–Trinajstić information content (AvgIpc) is 3.46. The van der Waals surface area contributed by atoms with E-state index in [0.717, 1.165) is 5.69 Å². The molecule has 12 heteroatoms. The molecule has 1 aromatic heterocycles. The number of methoxy groups -OCH3 is 1. The predicted octanol–water partition coefficient (Wildman–Crippen LogP) is 3.56. The molecular weight excluding hydrogens is 570 g/mol. The first-order valence-corrected chi connectivity index (χ1v) is 15.5. The van der Waals surface area contributed by atoms with Crippen LogP contribution in [0.5, 0.6) is 0 Å². The Morgan fingerprint density at radius 1 is 1.14 bits per heavy atom. The smallest absolute Gasteiger partial charge is 0.309 e. The average molecular weight is 606 g/mol. The molecule has 226 valence electrons. The maximum Gasteiger partial charge on any atom is 0.309 e. The van der Waals surface area contributed by atoms with E-state index in [1.165, 1.54) is 16.4 Å². The van der Waals surface area contributed by atoms with Crippen LogP contribution in [0.25, 0.3) is 23.0 Å². The summed E-state index contributed by atoms with van der Waals surface area (Å²) < 4.78 is 40.3. The number of esters is 1. The van der Waals surface area contributed by atoms with Crippen LogP contribution in [0.15, 0.2) is 71.3 Å². The summed E-state index contributed by atoms with van der Waals surface area (Å²) in [4.78, 5) is 25.0. The zero-order chi connectivity index (χ0) is 30.8. The number of amides is 1. The summed E-state index contributed by atoms with van der Waals surface area (Å²) in [5, 5.41) is 17.2. The van der Waals surface area contributed by atoms with Gasteiger partial charge in [-0.3, -0.25) is 9.59 Å². The van der Waals surface area contributed by atoms with Crippen LogP contribution in [0.1, 0.15) is 31.7 Å². The minimum atomic E-state index is -3.86. The van der Waals surface area contributed by atoms with E-state index in [4.69, 9.17) is 14.6 Å². The zero-order valence-corrected chi connectivity index (χ0v) is 25.0. The number of rotatable bonds is 12. The van der Waals surface area contributed by atoms with Crippen molar-refractivity contribution in [3.63, 3.8) is 0 Å². The molecule has 1 N–H and O–H groups in total. The van der Waals surface area contributed by atoms with Gasteiger partial charge in [-0.1, -0.05) is 30.3 Å². The number of benzene rings is 2. The molecule has 43 heavy (non-hydrogen) atoms. The molecule has 1 aliphatic rings. The number of piperidine rings is 1. The van der Waals surface area contributed by atoms with E-state index >= 15 is 0 Å². The summed E-state index contributed by atoms with van der Waals surface area (Å²) in [5.41, 5.74) is 2.01. The Morgan fingerprint density at radius 2 is 1.88 bits per heavy atom. The van der Waals surface area contributed by atoms with Crippen LogP contribution >= 0.6 is 0 Å². The standard InChI is InChI=1S/C31H35N5O6S/c1-3-42-31(38)23-13-16-35(17-14-23)43(39,40)28-12-7-9-24(20-28)29-26(22-36(34-29)27-10-5-4-6-11-27)19-25(21-32)30(37)33-15-8-18-41-2/h4-7,9-12,19-20,22-23H,3,8,13-18H2,1-2H3,(H,33,37)/b25-19-. The molecule has 3 aromatic rings. The highest BCUT2D eigenvalue weighted by Gasteiger charge is 2.33. The van der Waals surface area contributed by atoms with Crippen molar-refractivity contribution in [1.82, 2.24) is 19.4 Å². The van der Waals surface area contributed by atoms with Crippen molar-refractivity contribution >= 4 is 28.0 Å². The molecule has 1 aliphatic heterocycles. The molecule has 0 saturated carbocycles. The van der Waals surface area contributed by atoms with E-state index in [2.05, 4.69) is 5.32 Å². The predicted molar refractivity (Wildman–Crippen MR) is 160 cm³/mol. The van der Waals surface area contributed by atoms with Gasteiger partial charge >= 0.3 is 5.97 Å². The molecule has 4 rings (SSSR count). The lowest BCUT2D eigenvalue weighted by Crippen LogP contribution is -2.40. The number of aromatic nitrogens is 2. The molecule has 0 radical (unpaired) electrons. The lowest BCUT2D eigenvalue weighted by Gasteiger charge is -2.30. The third-order valence-corrected chi connectivity index (χ3v) is 8.95. The first kappa shape index (κ1) is 31.6. The number of carbonyl (C=O) groups excluding carboxylic acids is 2. The second-order valence-electron chi connectivity index (χ2n) is 9.94. The van der Waals surface area contributed by atoms with Crippen LogP contribution in [0.3, 0.4) is 0 Å². The number of carbonyl (C=O) groups is 2. The lowest BCUT2D eigenvalue weighted by atomic mass is 9.98. The van der Waals surface area contributed by atoms with Gasteiger partial charge in [0.1, 0.15) is 17.3 Å². The Labute approximate surface area is 251 Å². The second-order valence-corrected chi connectivity index (χ2v) is 11.9. The minimum absolute atomic E-state index is 0.0835. The number of para-hydroxylation sites is 1. The number of hydrogen-bond donors (Lipinski definition) is 1. The molecule has 2 aromatic carbocycles. The van der Waals surface area contributed by atoms with Crippen molar-refractivity contribution in [1.29, 1.82) is 5.26 Å². The van der Waals surface area contributed by atoms with E-state index in [1.54, 1.807) is 43.1 Å². The molecule has 1 amide bonds. The number of nitriles is 1. The molecule has 1 saturated heterocycles. The van der Waals surface area contributed by atoms with Crippen LogP contribution in [-0.2, 0) is 29.1 Å². The molecular formula is C31H35N5O6S. The maximum atomic E-state index is 13.6. The highest BCUT2D eigenvalue weighted by Crippen LogP contribution is 2.30. The van der Waals surface area contributed by atoms with E-state index in [9.17, 15) is 23.3 Å². The molecule has 2 heterocycles. The second kappa shape index (κ2) is 14.7. The van der Waals surface area contributed by atoms with Gasteiger partial charge in [-0.05, 0) is 56.5 Å². The van der Waals surface area contributed by atoms with Crippen molar-refractivity contribution < 1.29 is 27.5 Å². The van der Waals surface area contributed by atoms with Gasteiger partial charge in [0.25, 0.3) is 5.91 Å². The lowest BCUT2D eigenvalue weighted by molar-refractivity contribution is -0.149. The first-order chi connectivity index (χ1) is 20.8. The third kappa shape index (κ3) is 7.75. The van der Waals surface area contributed by atoms with Crippen molar-refractivity contribution in [3.8, 4) is 23.0 Å². The number of nitrogens with one attached hydrogen (secondary N) is 1. The highest BCUT2D eigenvalue weighted by molar-refractivity contribution is 7.89. The number of sulfonamides is 1. The molecule has 0 aliphatic carbocycles. The molecule has 11 nitrogen and oxygen atoms in total. The topological polar surface area (TPSA) is 144 Å². The van der Waals surface area contributed by atoms with Crippen molar-refractivity contribution in [2.45, 2.75) is 31.1 Å². The van der Waals surface area contributed by atoms with Crippen LogP contribution in [0.4, 0.5) is 0 Å². The summed E-state index contributed by atoms with van der Waals surface area (Å²) in [6.45, 7) is 3.27. The molecule has 0 unspecified atom stereocenters. The Morgan fingerprint density at radius 3 is 2.56 bits per heavy atom. The van der Waals surface area contributed by atoms with Gasteiger partial charge in [-0.25, -0.2) is 13.1 Å². The summed E-state index contributed by atoms with van der Waals surface area (Å²) in [6, 6.07) is 17.7. The van der Waals surface area contributed by atoms with Gasteiger partial charge in [-0.15, -0.1) is 0 Å². The van der Waals surface area contributed by atoms with Crippen molar-refractivity contribution in [2.75, 3.05) is 40.0 Å². The van der Waals surface area contributed by atoms with Crippen molar-refractivity contribution in [3.05, 3.63) is 71.9 Å². The Bertz CT molecular complexity index is 1600. The summed E-state index contributed by atoms with van der Waals surface area (Å²) in [5.74, 6) is -1.14. The third-order valence-electron chi connectivity index (χ3n) is 7.06. The largest absolute Gasteiger partial charge is 0.466 e. The monoisotopic (exact) mass is 605 g/mol. The quantitative estimate of drug-likeness (QED) is 0.143. The number of nitrogens with zero attached hydrogens (tertiary/aromatic N) is 4. The fraction of sp³-hybridized carbons (Fsp3) is 0.355. The van der Waals surface area contributed by atoms with Gasteiger partial charge in [0.15, 0.2) is 0 Å². The Hall–Kier alpha value is -4.31. The molecule has 1 fully saturated rings. The van der Waals surface area contributed by atoms with Gasteiger partial charge in [0, 0.05) is 50.7 Å². The number of hydrogen-bond acceptors (Lipinski definition) is 8. The van der Waals surface area contributed by atoms with Crippen LogP contribution in [0.2, 0.25) is 0 Å². The van der Waals surface area contributed by atoms with Crippen LogP contribution < -0.4 is 5.32 Å². The van der Waals surface area contributed by atoms with Gasteiger partial charge in [0.05, 0.1) is 23.1 Å². The normalized spacial score (nSPS) is 14.7. The minimum Gasteiger partial charge on any atom is -0.466 e. The highest BCUT2D eigenvalue weighted by atomic mass is 32.2. The summed E-state index contributed by atoms with van der Waals surface area (Å²) in [6.07, 6.45) is 4.52. The Balaban J connectivity index is 1.66.